The summed E-state index contributed by atoms with van der Waals surface area (Å²) >= 11 is 0. The molecule has 3 aliphatic rings. The Hall–Kier alpha value is -4.58. The maximum atomic E-state index is 14.3. The average Bonchev–Trinajstić information content (AvgIpc) is 3.20. The number of aliphatic hydroxyl groups excluding tert-OH is 1. The van der Waals surface area contributed by atoms with Crippen molar-refractivity contribution in [2.24, 2.45) is 5.16 Å². The number of nitrogens with zero attached hydrogens (tertiary/aromatic N) is 3. The minimum atomic E-state index is -1.26. The van der Waals surface area contributed by atoms with Crippen LogP contribution in [0.4, 0.5) is 8.78 Å². The molecule has 1 unspecified atom stereocenters. The summed E-state index contributed by atoms with van der Waals surface area (Å²) in [6.45, 7) is 3.29. The first-order valence-corrected chi connectivity index (χ1v) is 14.0. The van der Waals surface area contributed by atoms with Gasteiger partial charge in [0, 0.05) is 37.0 Å². The van der Waals surface area contributed by atoms with E-state index in [-0.39, 0.29) is 48.3 Å². The van der Waals surface area contributed by atoms with Crippen LogP contribution in [0.3, 0.4) is 0 Å². The number of amides is 2. The number of rotatable bonds is 6. The molecule has 1 fully saturated rings. The number of oxime groups is 1. The number of hydrogen-bond acceptors (Lipinski definition) is 7. The molecule has 2 aromatic carbocycles. The molecule has 4 heterocycles. The lowest BCUT2D eigenvalue weighted by molar-refractivity contribution is -0.114. The molecule has 1 saturated heterocycles. The second-order valence-corrected chi connectivity index (χ2v) is 11.2. The van der Waals surface area contributed by atoms with Crippen molar-refractivity contribution >= 4 is 17.5 Å². The van der Waals surface area contributed by atoms with Crippen LogP contribution in [0.2, 0.25) is 0 Å². The summed E-state index contributed by atoms with van der Waals surface area (Å²) in [6, 6.07) is 11.0. The number of aromatic nitrogens is 1. The normalized spacial score (nSPS) is 24.2. The van der Waals surface area contributed by atoms with Gasteiger partial charge in [0.2, 0.25) is 5.43 Å². The Labute approximate surface area is 245 Å². The van der Waals surface area contributed by atoms with Gasteiger partial charge in [-0.1, -0.05) is 41.6 Å². The second kappa shape index (κ2) is 10.9. The van der Waals surface area contributed by atoms with Crippen molar-refractivity contribution in [3.8, 4) is 5.75 Å². The first-order chi connectivity index (χ1) is 20.6. The van der Waals surface area contributed by atoms with Gasteiger partial charge in [-0.2, -0.15) is 0 Å². The van der Waals surface area contributed by atoms with Gasteiger partial charge in [-0.3, -0.25) is 14.4 Å². The molecule has 0 saturated carbocycles. The lowest BCUT2D eigenvalue weighted by Crippen LogP contribution is -2.56. The molecular weight excluding hydrogens is 562 g/mol. The Morgan fingerprint density at radius 2 is 1.98 bits per heavy atom. The van der Waals surface area contributed by atoms with Crippen LogP contribution in [-0.4, -0.2) is 56.4 Å². The van der Waals surface area contributed by atoms with E-state index in [0.29, 0.717) is 24.6 Å². The van der Waals surface area contributed by atoms with Crippen molar-refractivity contribution in [1.82, 2.24) is 14.8 Å². The Balaban J connectivity index is 1.47. The maximum Gasteiger partial charge on any atom is 0.274 e. The highest BCUT2D eigenvalue weighted by Gasteiger charge is 2.58. The van der Waals surface area contributed by atoms with Crippen LogP contribution in [0.1, 0.15) is 64.7 Å². The second-order valence-electron chi connectivity index (χ2n) is 11.2. The topological polar surface area (TPSA) is 122 Å². The molecule has 1 aromatic heterocycles. The summed E-state index contributed by atoms with van der Waals surface area (Å²) in [6.07, 6.45) is 1.02. The van der Waals surface area contributed by atoms with E-state index >= 15 is 0 Å². The van der Waals surface area contributed by atoms with E-state index in [9.17, 15) is 28.3 Å². The standard InChI is InChI=1S/C31H30F2N4O6/c1-17-10-11-31(28(39)18(2)35-43-31)24-15-36(17)30(41)25-27(42-16-19-6-4-3-5-7-19)26(38)22(14-37(24)25)29(40)34-13-20-8-9-21(32)12-23(20)33/h3-9,12,14,17,24,28,39H,10-11,13,15-16H2,1-2H3,(H,34,40)/t17-,24+,28?,31-/m0/s1. The Kier molecular flexibility index (Phi) is 7.25. The van der Waals surface area contributed by atoms with Crippen LogP contribution in [0.25, 0.3) is 0 Å². The molecule has 10 nitrogen and oxygen atoms in total. The molecule has 0 aliphatic carbocycles. The number of fused-ring (bicyclic) bond motifs is 5. The number of carbonyl (C=O) groups is 2. The van der Waals surface area contributed by atoms with Crippen molar-refractivity contribution in [2.45, 2.75) is 63.6 Å². The van der Waals surface area contributed by atoms with Crippen molar-refractivity contribution in [3.63, 3.8) is 0 Å². The number of aliphatic hydroxyl groups is 1. The number of ether oxygens (including phenoxy) is 1. The summed E-state index contributed by atoms with van der Waals surface area (Å²) in [4.78, 5) is 48.9. The number of pyridine rings is 1. The van der Waals surface area contributed by atoms with Crippen molar-refractivity contribution < 1.29 is 33.1 Å². The van der Waals surface area contributed by atoms with E-state index in [0.717, 1.165) is 11.6 Å². The molecule has 2 N–H and O–H groups in total. The van der Waals surface area contributed by atoms with Crippen LogP contribution in [0, 0.1) is 11.6 Å². The fourth-order valence-electron chi connectivity index (χ4n) is 6.08. The van der Waals surface area contributed by atoms with E-state index in [1.54, 1.807) is 36.1 Å². The molecule has 1 spiro atoms. The lowest BCUT2D eigenvalue weighted by Gasteiger charge is -2.43. The van der Waals surface area contributed by atoms with Gasteiger partial charge in [-0.05, 0) is 38.3 Å². The molecule has 12 heteroatoms. The Morgan fingerprint density at radius 1 is 1.21 bits per heavy atom. The highest BCUT2D eigenvalue weighted by Crippen LogP contribution is 2.46. The maximum absolute atomic E-state index is 14.3. The Morgan fingerprint density at radius 3 is 2.67 bits per heavy atom. The number of nitrogens with one attached hydrogen (secondary N) is 1. The summed E-state index contributed by atoms with van der Waals surface area (Å²) in [5, 5.41) is 17.9. The van der Waals surface area contributed by atoms with Crippen molar-refractivity contribution in [1.29, 1.82) is 0 Å². The van der Waals surface area contributed by atoms with Crippen molar-refractivity contribution in [2.75, 3.05) is 6.54 Å². The third kappa shape index (κ3) is 4.85. The van der Waals surface area contributed by atoms with E-state index in [1.807, 2.05) is 13.0 Å². The molecule has 6 rings (SSSR count). The smallest absolute Gasteiger partial charge is 0.274 e. The summed E-state index contributed by atoms with van der Waals surface area (Å²) < 4.78 is 35.1. The van der Waals surface area contributed by atoms with E-state index < -0.39 is 46.6 Å². The molecule has 224 valence electrons. The first-order valence-electron chi connectivity index (χ1n) is 14.0. The molecule has 2 bridgehead atoms. The van der Waals surface area contributed by atoms with Crippen LogP contribution < -0.4 is 15.5 Å². The van der Waals surface area contributed by atoms with E-state index in [2.05, 4.69) is 10.5 Å². The molecule has 4 atom stereocenters. The van der Waals surface area contributed by atoms with Gasteiger partial charge in [0.05, 0.1) is 11.8 Å². The highest BCUT2D eigenvalue weighted by molar-refractivity contribution is 5.99. The minimum absolute atomic E-state index is 0.0194. The van der Waals surface area contributed by atoms with Crippen molar-refractivity contribution in [3.05, 3.63) is 99.0 Å². The van der Waals surface area contributed by atoms with Gasteiger partial charge < -0.3 is 29.5 Å². The SMILES string of the molecule is CC1=NO[C@]2(CC[C@H](C)N3C[C@H]2n2cc(C(=O)NCc4ccc(F)cc4F)c(=O)c(OCc4ccccc4)c2C3=O)C1O. The van der Waals surface area contributed by atoms with Gasteiger partial charge in [0.15, 0.2) is 17.0 Å². The predicted molar refractivity (Wildman–Crippen MR) is 151 cm³/mol. The Bertz CT molecular complexity index is 1690. The fraction of sp³-hybridized carbons (Fsp3) is 0.355. The fourth-order valence-corrected chi connectivity index (χ4v) is 6.08. The minimum Gasteiger partial charge on any atom is -0.483 e. The molecule has 3 aliphatic heterocycles. The number of hydrogen-bond donors (Lipinski definition) is 2. The van der Waals surface area contributed by atoms with Gasteiger partial charge in [0.25, 0.3) is 11.8 Å². The summed E-state index contributed by atoms with van der Waals surface area (Å²) in [7, 11) is 0. The number of carbonyl (C=O) groups excluding carboxylic acids is 2. The largest absolute Gasteiger partial charge is 0.483 e. The molecule has 2 amide bonds. The van der Waals surface area contributed by atoms with Crippen LogP contribution >= 0.6 is 0 Å². The zero-order valence-electron chi connectivity index (χ0n) is 23.5. The van der Waals surface area contributed by atoms with Crippen LogP contribution in [0.5, 0.6) is 5.75 Å². The number of halogens is 2. The summed E-state index contributed by atoms with van der Waals surface area (Å²) in [5.74, 6) is -3.23. The van der Waals surface area contributed by atoms with Gasteiger partial charge >= 0.3 is 0 Å². The monoisotopic (exact) mass is 592 g/mol. The zero-order chi connectivity index (χ0) is 30.5. The van der Waals surface area contributed by atoms with Crippen LogP contribution in [-0.2, 0) is 18.0 Å². The molecular formula is C31H30F2N4O6. The van der Waals surface area contributed by atoms with Gasteiger partial charge in [0.1, 0.15) is 29.9 Å². The predicted octanol–water partition coefficient (Wildman–Crippen LogP) is 3.32. The highest BCUT2D eigenvalue weighted by atomic mass is 19.1. The lowest BCUT2D eigenvalue weighted by atomic mass is 9.82. The van der Waals surface area contributed by atoms with E-state index in [1.165, 1.54) is 16.8 Å². The summed E-state index contributed by atoms with van der Waals surface area (Å²) in [5.41, 5.74) is -1.38. The van der Waals surface area contributed by atoms with E-state index in [4.69, 9.17) is 9.57 Å². The molecule has 3 aromatic rings. The van der Waals surface area contributed by atoms with Crippen LogP contribution in [0.15, 0.2) is 64.7 Å². The average molecular weight is 593 g/mol. The first kappa shape index (κ1) is 28.5. The third-order valence-electron chi connectivity index (χ3n) is 8.55. The quantitative estimate of drug-likeness (QED) is 0.453. The van der Waals surface area contributed by atoms with Gasteiger partial charge in [-0.15, -0.1) is 0 Å². The molecule has 43 heavy (non-hydrogen) atoms. The molecule has 0 radical (unpaired) electrons. The zero-order valence-corrected chi connectivity index (χ0v) is 23.5. The number of benzene rings is 2. The van der Waals surface area contributed by atoms with Gasteiger partial charge in [-0.25, -0.2) is 8.78 Å². The third-order valence-corrected chi connectivity index (χ3v) is 8.55.